The fourth-order valence-electron chi connectivity index (χ4n) is 2.61. The average molecular weight is 528 g/mol. The van der Waals surface area contributed by atoms with Gasteiger partial charge in [-0.05, 0) is 18.2 Å². The molecule has 0 aliphatic rings. The minimum Gasteiger partial charge on any atom is -0.364 e. The quantitative estimate of drug-likeness (QED) is 0.309. The maximum Gasteiger partial charge on any atom is 0.417 e. The molecular weight excluding hydrogens is 510 g/mol. The van der Waals surface area contributed by atoms with Gasteiger partial charge in [-0.25, -0.2) is 0 Å². The summed E-state index contributed by atoms with van der Waals surface area (Å²) in [5, 5.41) is 10.8. The molecule has 0 unspecified atom stereocenters. The fraction of sp³-hybridized carbons (Fsp3) is 0.312. The van der Waals surface area contributed by atoms with E-state index < -0.39 is 11.7 Å². The smallest absolute Gasteiger partial charge is 0.364 e. The number of halogens is 5. The van der Waals surface area contributed by atoms with Gasteiger partial charge >= 0.3 is 6.18 Å². The van der Waals surface area contributed by atoms with Crippen LogP contribution in [0.15, 0.2) is 35.6 Å². The second-order valence-electron chi connectivity index (χ2n) is 5.84. The highest BCUT2D eigenvalue weighted by molar-refractivity contribution is 14.0. The van der Waals surface area contributed by atoms with Crippen molar-refractivity contribution in [1.29, 1.82) is 0 Å². The lowest BCUT2D eigenvalue weighted by atomic mass is 10.3. The van der Waals surface area contributed by atoms with Crippen molar-refractivity contribution in [2.24, 2.45) is 4.99 Å². The van der Waals surface area contributed by atoms with Crippen LogP contribution in [0, 0.1) is 0 Å². The zero-order chi connectivity index (χ0) is 19.6. The van der Waals surface area contributed by atoms with Gasteiger partial charge in [-0.1, -0.05) is 11.6 Å². The van der Waals surface area contributed by atoms with Crippen LogP contribution >= 0.6 is 35.6 Å². The average Bonchev–Trinajstić information content (AvgIpc) is 3.24. The lowest BCUT2D eigenvalue weighted by molar-refractivity contribution is -0.137. The van der Waals surface area contributed by atoms with Crippen molar-refractivity contribution in [2.75, 3.05) is 14.1 Å². The molecule has 0 fully saturated rings. The van der Waals surface area contributed by atoms with Crippen molar-refractivity contribution in [3.8, 4) is 0 Å². The van der Waals surface area contributed by atoms with Gasteiger partial charge in [-0.3, -0.25) is 9.39 Å². The number of nitrogens with one attached hydrogen (secondary N) is 2. The third-order valence-corrected chi connectivity index (χ3v) is 4.18. The standard InChI is InChI=1S/C16H17ClF3N7.HI/c1-21-15(26(2)9-11-4-3-5-22-11)23-7-13-24-25-14-12(17)6-10(8-27(13)14)16(18,19)20;/h3-6,8,22H,7,9H2,1-2H3,(H,21,23);1H. The van der Waals surface area contributed by atoms with Gasteiger partial charge in [-0.15, -0.1) is 34.2 Å². The minimum atomic E-state index is -4.51. The summed E-state index contributed by atoms with van der Waals surface area (Å²) in [6.45, 7) is 0.706. The molecule has 0 bridgehead atoms. The first-order valence-electron chi connectivity index (χ1n) is 7.94. The Kier molecular flexibility index (Phi) is 7.15. The zero-order valence-electron chi connectivity index (χ0n) is 15.0. The number of aromatic nitrogens is 4. The Bertz CT molecular complexity index is 953. The first kappa shape index (κ1) is 22.3. The van der Waals surface area contributed by atoms with Crippen molar-refractivity contribution in [1.82, 2.24) is 29.8 Å². The molecule has 0 spiro atoms. The van der Waals surface area contributed by atoms with E-state index in [0.717, 1.165) is 18.0 Å². The highest BCUT2D eigenvalue weighted by Crippen LogP contribution is 2.32. The number of guanidine groups is 1. The summed E-state index contributed by atoms with van der Waals surface area (Å²) in [5.41, 5.74) is 0.292. The van der Waals surface area contributed by atoms with E-state index in [4.69, 9.17) is 11.6 Å². The molecule has 0 saturated carbocycles. The largest absolute Gasteiger partial charge is 0.417 e. The number of pyridine rings is 1. The Balaban J connectivity index is 0.00000280. The first-order chi connectivity index (χ1) is 12.8. The Morgan fingerprint density at radius 1 is 1.39 bits per heavy atom. The van der Waals surface area contributed by atoms with Crippen LogP contribution in [-0.2, 0) is 19.3 Å². The van der Waals surface area contributed by atoms with Crippen molar-refractivity contribution in [3.63, 3.8) is 0 Å². The maximum atomic E-state index is 13.0. The molecule has 0 aliphatic carbocycles. The second kappa shape index (κ2) is 8.99. The molecule has 3 rings (SSSR count). The number of aromatic amines is 1. The van der Waals surface area contributed by atoms with Crippen molar-refractivity contribution in [3.05, 3.63) is 52.7 Å². The third-order valence-electron chi connectivity index (χ3n) is 3.91. The summed E-state index contributed by atoms with van der Waals surface area (Å²) in [4.78, 5) is 9.14. The molecule has 0 amide bonds. The summed E-state index contributed by atoms with van der Waals surface area (Å²) in [6.07, 6.45) is -1.76. The number of H-pyrrole nitrogens is 1. The number of fused-ring (bicyclic) bond motifs is 1. The van der Waals surface area contributed by atoms with Crippen molar-refractivity contribution >= 4 is 47.2 Å². The van der Waals surface area contributed by atoms with Crippen LogP contribution in [0.5, 0.6) is 0 Å². The summed E-state index contributed by atoms with van der Waals surface area (Å²) in [6, 6.07) is 4.67. The number of rotatable bonds is 4. The number of aliphatic imine (C=N–C) groups is 1. The van der Waals surface area contributed by atoms with Crippen molar-refractivity contribution < 1.29 is 13.2 Å². The lowest BCUT2D eigenvalue weighted by Crippen LogP contribution is -2.38. The van der Waals surface area contributed by atoms with Gasteiger partial charge in [0.2, 0.25) is 0 Å². The summed E-state index contributed by atoms with van der Waals surface area (Å²) < 4.78 is 40.3. The molecule has 3 aromatic rings. The summed E-state index contributed by atoms with van der Waals surface area (Å²) >= 11 is 5.92. The molecule has 0 atom stereocenters. The van der Waals surface area contributed by atoms with Crippen LogP contribution < -0.4 is 5.32 Å². The Labute approximate surface area is 181 Å². The van der Waals surface area contributed by atoms with Crippen molar-refractivity contribution in [2.45, 2.75) is 19.3 Å². The molecular formula is C16H18ClF3IN7. The highest BCUT2D eigenvalue weighted by Gasteiger charge is 2.32. The maximum absolute atomic E-state index is 13.0. The van der Waals surface area contributed by atoms with Gasteiger partial charge in [0.15, 0.2) is 17.4 Å². The van der Waals surface area contributed by atoms with E-state index in [9.17, 15) is 13.2 Å². The van der Waals surface area contributed by atoms with Crippen LogP contribution in [0.4, 0.5) is 13.2 Å². The molecule has 0 aromatic carbocycles. The summed E-state index contributed by atoms with van der Waals surface area (Å²) in [5.74, 6) is 0.840. The van der Waals surface area contributed by atoms with E-state index in [2.05, 4.69) is 25.5 Å². The molecule has 0 aliphatic heterocycles. The van der Waals surface area contributed by atoms with E-state index in [0.29, 0.717) is 12.5 Å². The van der Waals surface area contributed by atoms with Gasteiger partial charge in [0.1, 0.15) is 0 Å². The molecule has 3 heterocycles. The topological polar surface area (TPSA) is 73.6 Å². The Morgan fingerprint density at radius 3 is 2.75 bits per heavy atom. The van der Waals surface area contributed by atoms with E-state index >= 15 is 0 Å². The molecule has 2 N–H and O–H groups in total. The van der Waals surface area contributed by atoms with Gasteiger partial charge in [0, 0.05) is 32.2 Å². The monoisotopic (exact) mass is 527 g/mol. The van der Waals surface area contributed by atoms with Gasteiger partial charge in [-0.2, -0.15) is 13.2 Å². The van der Waals surface area contributed by atoms with Gasteiger partial charge in [0.05, 0.1) is 23.7 Å². The SMILES string of the molecule is CN=C(NCc1nnc2c(Cl)cc(C(F)(F)F)cn12)N(C)Cc1ccc[nH]1.I. The third kappa shape index (κ3) is 4.87. The molecule has 0 saturated heterocycles. The predicted octanol–water partition coefficient (Wildman–Crippen LogP) is 3.56. The molecule has 3 aromatic heterocycles. The highest BCUT2D eigenvalue weighted by atomic mass is 127. The number of alkyl halides is 3. The van der Waals surface area contributed by atoms with Crippen LogP contribution in [0.25, 0.3) is 5.65 Å². The van der Waals surface area contributed by atoms with Gasteiger partial charge in [0.25, 0.3) is 0 Å². The normalized spacial score (nSPS) is 12.1. The van der Waals surface area contributed by atoms with Gasteiger partial charge < -0.3 is 15.2 Å². The second-order valence-corrected chi connectivity index (χ2v) is 6.24. The minimum absolute atomic E-state index is 0. The van der Waals surface area contributed by atoms with Crippen LogP contribution in [0.3, 0.4) is 0 Å². The van der Waals surface area contributed by atoms with E-state index in [1.807, 2.05) is 30.3 Å². The van der Waals surface area contributed by atoms with Crippen LogP contribution in [0.1, 0.15) is 17.1 Å². The fourth-order valence-corrected chi connectivity index (χ4v) is 2.86. The van der Waals surface area contributed by atoms with Crippen LogP contribution in [0.2, 0.25) is 5.02 Å². The van der Waals surface area contributed by atoms with E-state index in [1.54, 1.807) is 7.05 Å². The molecule has 0 radical (unpaired) electrons. The van der Waals surface area contributed by atoms with E-state index in [1.165, 1.54) is 4.40 Å². The Hall–Kier alpha value is -2.02. The molecule has 152 valence electrons. The zero-order valence-corrected chi connectivity index (χ0v) is 18.0. The lowest BCUT2D eigenvalue weighted by Gasteiger charge is -2.21. The first-order valence-corrected chi connectivity index (χ1v) is 8.32. The Morgan fingerprint density at radius 2 is 2.14 bits per heavy atom. The molecule has 28 heavy (non-hydrogen) atoms. The van der Waals surface area contributed by atoms with E-state index in [-0.39, 0.29) is 47.0 Å². The number of hydrogen-bond donors (Lipinski definition) is 2. The predicted molar refractivity (Wildman–Crippen MR) is 111 cm³/mol. The number of hydrogen-bond acceptors (Lipinski definition) is 3. The molecule has 12 heteroatoms. The molecule has 7 nitrogen and oxygen atoms in total. The summed E-state index contributed by atoms with van der Waals surface area (Å²) in [7, 11) is 3.46. The van der Waals surface area contributed by atoms with Crippen LogP contribution in [-0.4, -0.2) is 44.5 Å². The number of nitrogens with zero attached hydrogens (tertiary/aromatic N) is 5.